The van der Waals surface area contributed by atoms with Crippen LogP contribution < -0.4 is 4.90 Å². The summed E-state index contributed by atoms with van der Waals surface area (Å²) in [6.45, 7) is 10.1. The SMILES string of the molecule is CCOC(=O)C(=O)N1c2cc(C)ccc2[C@](C)(c2ccccc2)CC1(C)C. The Labute approximate surface area is 161 Å². The minimum Gasteiger partial charge on any atom is -0.459 e. The van der Waals surface area contributed by atoms with Gasteiger partial charge in [-0.2, -0.15) is 0 Å². The zero-order valence-electron chi connectivity index (χ0n) is 16.7. The van der Waals surface area contributed by atoms with E-state index in [-0.39, 0.29) is 12.0 Å². The topological polar surface area (TPSA) is 46.6 Å². The first-order valence-corrected chi connectivity index (χ1v) is 9.38. The number of carbonyl (C=O) groups excluding carboxylic acids is 2. The maximum Gasteiger partial charge on any atom is 0.397 e. The Morgan fingerprint density at radius 3 is 2.37 bits per heavy atom. The Morgan fingerprint density at radius 1 is 1.07 bits per heavy atom. The molecular weight excluding hydrogens is 338 g/mol. The van der Waals surface area contributed by atoms with Gasteiger partial charge in [0.25, 0.3) is 0 Å². The summed E-state index contributed by atoms with van der Waals surface area (Å²) in [5.41, 5.74) is 3.27. The molecule has 3 rings (SSSR count). The number of hydrogen-bond donors (Lipinski definition) is 0. The maximum atomic E-state index is 13.0. The second-order valence-electron chi connectivity index (χ2n) is 8.07. The highest BCUT2D eigenvalue weighted by Crippen LogP contribution is 2.50. The largest absolute Gasteiger partial charge is 0.459 e. The molecule has 0 spiro atoms. The molecule has 0 saturated carbocycles. The summed E-state index contributed by atoms with van der Waals surface area (Å²) in [4.78, 5) is 26.8. The van der Waals surface area contributed by atoms with E-state index < -0.39 is 17.4 Å². The molecule has 1 aliphatic rings. The van der Waals surface area contributed by atoms with Crippen LogP contribution >= 0.6 is 0 Å². The van der Waals surface area contributed by atoms with Crippen LogP contribution in [0.3, 0.4) is 0 Å². The minimum absolute atomic E-state index is 0.182. The van der Waals surface area contributed by atoms with Gasteiger partial charge in [-0.3, -0.25) is 9.69 Å². The fourth-order valence-electron chi connectivity index (χ4n) is 4.39. The van der Waals surface area contributed by atoms with E-state index in [9.17, 15) is 9.59 Å². The third-order valence-corrected chi connectivity index (χ3v) is 5.44. The van der Waals surface area contributed by atoms with E-state index in [1.807, 2.05) is 45.0 Å². The van der Waals surface area contributed by atoms with Crippen molar-refractivity contribution in [3.8, 4) is 0 Å². The highest BCUT2D eigenvalue weighted by molar-refractivity contribution is 6.38. The second kappa shape index (κ2) is 6.84. The van der Waals surface area contributed by atoms with Gasteiger partial charge in [0.1, 0.15) is 0 Å². The molecule has 1 aliphatic heterocycles. The summed E-state index contributed by atoms with van der Waals surface area (Å²) in [6, 6.07) is 16.5. The molecule has 0 fully saturated rings. The summed E-state index contributed by atoms with van der Waals surface area (Å²) < 4.78 is 5.00. The molecule has 0 unspecified atom stereocenters. The first kappa shape index (κ1) is 19.2. The zero-order valence-corrected chi connectivity index (χ0v) is 16.7. The van der Waals surface area contributed by atoms with Crippen molar-refractivity contribution in [2.75, 3.05) is 11.5 Å². The van der Waals surface area contributed by atoms with Crippen molar-refractivity contribution in [1.29, 1.82) is 0 Å². The molecule has 0 N–H and O–H groups in total. The lowest BCUT2D eigenvalue weighted by atomic mass is 9.65. The van der Waals surface area contributed by atoms with Crippen molar-refractivity contribution in [2.24, 2.45) is 0 Å². The second-order valence-corrected chi connectivity index (χ2v) is 8.07. The van der Waals surface area contributed by atoms with E-state index in [0.717, 1.165) is 16.8 Å². The van der Waals surface area contributed by atoms with Gasteiger partial charge in [-0.1, -0.05) is 49.4 Å². The van der Waals surface area contributed by atoms with Crippen LogP contribution in [0.4, 0.5) is 5.69 Å². The molecule has 0 aliphatic carbocycles. The van der Waals surface area contributed by atoms with E-state index in [1.54, 1.807) is 11.8 Å². The molecule has 2 aromatic carbocycles. The smallest absolute Gasteiger partial charge is 0.397 e. The quantitative estimate of drug-likeness (QED) is 0.586. The fourth-order valence-corrected chi connectivity index (χ4v) is 4.39. The van der Waals surface area contributed by atoms with Gasteiger partial charge in [-0.05, 0) is 56.9 Å². The minimum atomic E-state index is -0.804. The Bertz CT molecular complexity index is 872. The number of esters is 1. The monoisotopic (exact) mass is 365 g/mol. The van der Waals surface area contributed by atoms with E-state index in [2.05, 4.69) is 31.2 Å². The molecule has 4 heteroatoms. The molecule has 2 aromatic rings. The zero-order chi connectivity index (χ0) is 19.8. The predicted molar refractivity (Wildman–Crippen MR) is 107 cm³/mol. The number of ether oxygens (including phenoxy) is 1. The molecule has 0 radical (unpaired) electrons. The van der Waals surface area contributed by atoms with Gasteiger partial charge in [0, 0.05) is 16.6 Å². The number of fused-ring (bicyclic) bond motifs is 1. The van der Waals surface area contributed by atoms with Gasteiger partial charge in [0.2, 0.25) is 0 Å². The lowest BCUT2D eigenvalue weighted by molar-refractivity contribution is -0.153. The van der Waals surface area contributed by atoms with Gasteiger partial charge in [-0.25, -0.2) is 4.79 Å². The number of aryl methyl sites for hydroxylation is 1. The van der Waals surface area contributed by atoms with E-state index in [4.69, 9.17) is 4.74 Å². The molecule has 142 valence electrons. The number of amides is 1. The lowest BCUT2D eigenvalue weighted by Gasteiger charge is -2.51. The third kappa shape index (κ3) is 3.25. The Kier molecular flexibility index (Phi) is 4.85. The molecule has 1 heterocycles. The number of carbonyl (C=O) groups is 2. The van der Waals surface area contributed by atoms with Gasteiger partial charge < -0.3 is 4.74 Å². The first-order valence-electron chi connectivity index (χ1n) is 9.38. The standard InChI is InChI=1S/C23H27NO3/c1-6-27-21(26)20(25)24-19-14-16(2)12-13-18(19)23(5,15-22(24,3)4)17-10-8-7-9-11-17/h7-14H,6,15H2,1-5H3/t23-/m0/s1. The number of hydrogen-bond acceptors (Lipinski definition) is 3. The van der Waals surface area contributed by atoms with E-state index in [0.29, 0.717) is 6.42 Å². The van der Waals surface area contributed by atoms with Crippen LogP contribution in [-0.2, 0) is 19.7 Å². The first-order chi connectivity index (χ1) is 12.7. The molecule has 1 amide bonds. The molecule has 0 saturated heterocycles. The fraction of sp³-hybridized carbons (Fsp3) is 0.391. The summed E-state index contributed by atoms with van der Waals surface area (Å²) in [7, 11) is 0. The van der Waals surface area contributed by atoms with Crippen LogP contribution in [0, 0.1) is 6.92 Å². The van der Waals surface area contributed by atoms with Crippen LogP contribution in [0.5, 0.6) is 0 Å². The van der Waals surface area contributed by atoms with Crippen molar-refractivity contribution in [2.45, 2.75) is 52.0 Å². The van der Waals surface area contributed by atoms with Crippen molar-refractivity contribution < 1.29 is 14.3 Å². The van der Waals surface area contributed by atoms with E-state index in [1.165, 1.54) is 5.56 Å². The van der Waals surface area contributed by atoms with Gasteiger partial charge >= 0.3 is 11.9 Å². The average Bonchev–Trinajstić information content (AvgIpc) is 2.61. The third-order valence-electron chi connectivity index (χ3n) is 5.44. The molecular formula is C23H27NO3. The number of rotatable bonds is 2. The maximum absolute atomic E-state index is 13.0. The normalized spacial score (nSPS) is 20.7. The molecule has 1 atom stereocenters. The van der Waals surface area contributed by atoms with Gasteiger partial charge in [-0.15, -0.1) is 0 Å². The van der Waals surface area contributed by atoms with Gasteiger partial charge in [0.05, 0.1) is 6.61 Å². The summed E-state index contributed by atoms with van der Waals surface area (Å²) >= 11 is 0. The average molecular weight is 365 g/mol. The molecule has 27 heavy (non-hydrogen) atoms. The molecule has 4 nitrogen and oxygen atoms in total. The van der Waals surface area contributed by atoms with Crippen LogP contribution in [0.1, 0.15) is 50.8 Å². The predicted octanol–water partition coefficient (Wildman–Crippen LogP) is 4.38. The van der Waals surface area contributed by atoms with Crippen molar-refractivity contribution >= 4 is 17.6 Å². The highest BCUT2D eigenvalue weighted by Gasteiger charge is 2.49. The van der Waals surface area contributed by atoms with Crippen LogP contribution in [0.15, 0.2) is 48.5 Å². The van der Waals surface area contributed by atoms with Crippen LogP contribution in [-0.4, -0.2) is 24.0 Å². The number of anilines is 1. The number of benzene rings is 2. The van der Waals surface area contributed by atoms with Crippen molar-refractivity contribution in [3.05, 3.63) is 65.2 Å². The summed E-state index contributed by atoms with van der Waals surface area (Å²) in [5, 5.41) is 0. The van der Waals surface area contributed by atoms with E-state index >= 15 is 0 Å². The van der Waals surface area contributed by atoms with Crippen LogP contribution in [0.2, 0.25) is 0 Å². The Balaban J connectivity index is 2.21. The molecule has 0 aromatic heterocycles. The van der Waals surface area contributed by atoms with Crippen molar-refractivity contribution in [3.63, 3.8) is 0 Å². The summed E-state index contributed by atoms with van der Waals surface area (Å²) in [6.07, 6.45) is 0.700. The van der Waals surface area contributed by atoms with Crippen molar-refractivity contribution in [1.82, 2.24) is 0 Å². The Hall–Kier alpha value is -2.62. The number of nitrogens with zero attached hydrogens (tertiary/aromatic N) is 1. The van der Waals surface area contributed by atoms with Gasteiger partial charge in [0.15, 0.2) is 0 Å². The Morgan fingerprint density at radius 2 is 1.74 bits per heavy atom. The summed E-state index contributed by atoms with van der Waals surface area (Å²) in [5.74, 6) is -1.41. The highest BCUT2D eigenvalue weighted by atomic mass is 16.5. The van der Waals surface area contributed by atoms with Crippen LogP contribution in [0.25, 0.3) is 0 Å². The lowest BCUT2D eigenvalue weighted by Crippen LogP contribution is -2.57. The molecule has 0 bridgehead atoms.